The summed E-state index contributed by atoms with van der Waals surface area (Å²) in [4.78, 5) is 3.66. The van der Waals surface area contributed by atoms with Crippen LogP contribution in [-0.2, 0) is 0 Å². The van der Waals surface area contributed by atoms with Crippen molar-refractivity contribution in [1.29, 1.82) is 0 Å². The molecule has 0 amide bonds. The highest BCUT2D eigenvalue weighted by Gasteiger charge is 2.52. The summed E-state index contributed by atoms with van der Waals surface area (Å²) >= 11 is 0. The summed E-state index contributed by atoms with van der Waals surface area (Å²) in [5.74, 6) is 0.321. The number of ether oxygens (including phenoxy) is 1. The molecule has 0 aliphatic carbocycles. The molecule has 10 radical (unpaired) electrons. The van der Waals surface area contributed by atoms with Gasteiger partial charge >= 0.3 is 0 Å². The van der Waals surface area contributed by atoms with E-state index < -0.39 is 16.2 Å². The summed E-state index contributed by atoms with van der Waals surface area (Å²) in [6, 6.07) is 12.9. The van der Waals surface area contributed by atoms with Crippen LogP contribution in [0.1, 0.15) is 0 Å². The lowest BCUT2D eigenvalue weighted by Crippen LogP contribution is -2.78. The van der Waals surface area contributed by atoms with Gasteiger partial charge in [-0.15, -0.1) is 0 Å². The Kier molecular flexibility index (Phi) is 6.49. The molecule has 1 saturated heterocycles. The molecule has 5 nitrogen and oxygen atoms in total. The summed E-state index contributed by atoms with van der Waals surface area (Å²) < 4.78 is 5.66. The normalized spacial score (nSPS) is 19.1. The van der Waals surface area contributed by atoms with Gasteiger partial charge in [-0.05, 0) is 28.2 Å². The van der Waals surface area contributed by atoms with E-state index in [0.29, 0.717) is 38.5 Å². The second kappa shape index (κ2) is 8.42. The molecule has 0 spiro atoms. The first-order valence-electron chi connectivity index (χ1n) is 9.51. The van der Waals surface area contributed by atoms with Gasteiger partial charge in [-0.1, -0.05) is 30.3 Å². The number of benzene rings is 2. The Hall–Kier alpha value is -1.34. The zero-order valence-electron chi connectivity index (χ0n) is 16.4. The molecule has 2 aromatic carbocycles. The smallest absolute Gasteiger partial charge is 0.119 e. The minimum atomic E-state index is -2.50. The molecule has 0 saturated carbocycles. The van der Waals surface area contributed by atoms with Gasteiger partial charge in [0.1, 0.15) is 29.3 Å². The van der Waals surface area contributed by atoms with Crippen LogP contribution in [0.5, 0.6) is 5.75 Å². The second-order valence-electron chi connectivity index (χ2n) is 7.55. The standard InChI is InChI=1S/C19H21B5N2O3/c20-17(28,18(21,22)26-9-7-25(8-10-26)11-12-27)19(23,24)29-16-6-5-14-3-1-2-4-15(14)13-16/h1-6,13,27-28H,7-12H2. The van der Waals surface area contributed by atoms with E-state index in [9.17, 15) is 5.11 Å². The van der Waals surface area contributed by atoms with Crippen LogP contribution in [0.3, 0.4) is 0 Å². The van der Waals surface area contributed by atoms with E-state index in [1.807, 2.05) is 35.2 Å². The summed E-state index contributed by atoms with van der Waals surface area (Å²) in [7, 11) is 30.7. The van der Waals surface area contributed by atoms with Gasteiger partial charge < -0.3 is 19.8 Å². The Morgan fingerprint density at radius 2 is 1.52 bits per heavy atom. The molecule has 1 aliphatic heterocycles. The highest BCUT2D eigenvalue weighted by atomic mass is 16.5. The summed E-state index contributed by atoms with van der Waals surface area (Å²) in [6.45, 7) is 2.63. The third-order valence-electron chi connectivity index (χ3n) is 5.53. The van der Waals surface area contributed by atoms with Gasteiger partial charge in [-0.3, -0.25) is 4.90 Å². The van der Waals surface area contributed by atoms with Crippen molar-refractivity contribution >= 4 is 50.0 Å². The fourth-order valence-corrected chi connectivity index (χ4v) is 3.54. The molecular weight excluding hydrogens is 358 g/mol. The van der Waals surface area contributed by atoms with Crippen LogP contribution >= 0.6 is 0 Å². The number of fused-ring (bicyclic) bond motifs is 1. The molecule has 29 heavy (non-hydrogen) atoms. The highest BCUT2D eigenvalue weighted by molar-refractivity contribution is 6.51. The predicted molar refractivity (Wildman–Crippen MR) is 119 cm³/mol. The van der Waals surface area contributed by atoms with Crippen LogP contribution < -0.4 is 4.74 Å². The van der Waals surface area contributed by atoms with E-state index in [4.69, 9.17) is 49.1 Å². The van der Waals surface area contributed by atoms with Gasteiger partial charge in [0.2, 0.25) is 0 Å². The lowest BCUT2D eigenvalue weighted by molar-refractivity contribution is -0.0477. The zero-order valence-corrected chi connectivity index (χ0v) is 16.4. The van der Waals surface area contributed by atoms with Gasteiger partial charge in [0, 0.05) is 43.6 Å². The average molecular weight is 379 g/mol. The Balaban J connectivity index is 1.77. The molecule has 3 rings (SSSR count). The SMILES string of the molecule is [B]C([B])(Oc1ccc2ccccc2c1)C([B])(O)C([B])([B])N1CCN(CCO)CC1. The molecular formula is C19H21B5N2O3. The van der Waals surface area contributed by atoms with Crippen LogP contribution in [-0.4, -0.2) is 115 Å². The number of aliphatic hydroxyl groups excluding tert-OH is 1. The second-order valence-corrected chi connectivity index (χ2v) is 7.55. The maximum atomic E-state index is 11.0. The topological polar surface area (TPSA) is 56.2 Å². The molecule has 2 N–H and O–H groups in total. The first-order chi connectivity index (χ1) is 13.6. The first-order valence-corrected chi connectivity index (χ1v) is 9.51. The van der Waals surface area contributed by atoms with Crippen molar-refractivity contribution in [3.05, 3.63) is 42.5 Å². The minimum absolute atomic E-state index is 0.0610. The van der Waals surface area contributed by atoms with Crippen LogP contribution in [0.25, 0.3) is 10.8 Å². The van der Waals surface area contributed by atoms with Crippen molar-refractivity contribution in [2.45, 2.75) is 16.2 Å². The number of rotatable bonds is 7. The van der Waals surface area contributed by atoms with Crippen molar-refractivity contribution in [2.24, 2.45) is 0 Å². The van der Waals surface area contributed by atoms with Crippen molar-refractivity contribution in [2.75, 3.05) is 39.3 Å². The van der Waals surface area contributed by atoms with Crippen molar-refractivity contribution in [3.8, 4) is 5.75 Å². The summed E-state index contributed by atoms with van der Waals surface area (Å²) in [5, 5.41) is 17.8. The van der Waals surface area contributed by atoms with E-state index in [1.54, 1.807) is 17.0 Å². The molecule has 140 valence electrons. The predicted octanol–water partition coefficient (Wildman–Crippen LogP) is -1.33. The fraction of sp³-hybridized carbons (Fsp3) is 0.474. The largest absolute Gasteiger partial charge is 0.505 e. The van der Waals surface area contributed by atoms with Gasteiger partial charge in [0.15, 0.2) is 0 Å². The number of piperazine rings is 1. The monoisotopic (exact) mass is 380 g/mol. The van der Waals surface area contributed by atoms with Gasteiger partial charge in [0.05, 0.1) is 22.3 Å². The Morgan fingerprint density at radius 1 is 0.897 bits per heavy atom. The molecule has 0 aromatic heterocycles. The Bertz CT molecular complexity index is 841. The van der Waals surface area contributed by atoms with E-state index >= 15 is 0 Å². The fourth-order valence-electron chi connectivity index (χ4n) is 3.54. The van der Waals surface area contributed by atoms with E-state index in [2.05, 4.69) is 0 Å². The number of β-amino-alcohol motifs (C(OH)–C–C–N with tert-alkyl or cyclic N) is 1. The molecule has 1 unspecified atom stereocenters. The first kappa shape index (κ1) is 22.4. The van der Waals surface area contributed by atoms with Crippen LogP contribution in [0.4, 0.5) is 0 Å². The van der Waals surface area contributed by atoms with E-state index in [-0.39, 0.29) is 6.61 Å². The minimum Gasteiger partial charge on any atom is -0.505 e. The number of nitrogens with zero attached hydrogens (tertiary/aromatic N) is 2. The van der Waals surface area contributed by atoms with Gasteiger partial charge in [-0.25, -0.2) is 0 Å². The Labute approximate surface area is 178 Å². The lowest BCUT2D eigenvalue weighted by Gasteiger charge is -2.58. The number of hydrogen-bond acceptors (Lipinski definition) is 5. The Morgan fingerprint density at radius 3 is 2.14 bits per heavy atom. The van der Waals surface area contributed by atoms with Crippen LogP contribution in [0, 0.1) is 0 Å². The molecule has 2 aromatic rings. The third kappa shape index (κ3) is 4.41. The molecule has 1 aliphatic rings. The quantitative estimate of drug-likeness (QED) is 0.584. The molecule has 1 atom stereocenters. The van der Waals surface area contributed by atoms with Gasteiger partial charge in [-0.2, -0.15) is 0 Å². The summed E-state index contributed by atoms with van der Waals surface area (Å²) in [5.41, 5.74) is -2.50. The van der Waals surface area contributed by atoms with Crippen LogP contribution in [0.2, 0.25) is 0 Å². The maximum Gasteiger partial charge on any atom is 0.119 e. The van der Waals surface area contributed by atoms with Crippen molar-refractivity contribution in [1.82, 2.24) is 9.80 Å². The van der Waals surface area contributed by atoms with Crippen LogP contribution in [0.15, 0.2) is 42.5 Å². The van der Waals surface area contributed by atoms with Crippen molar-refractivity contribution < 1.29 is 14.9 Å². The summed E-state index contributed by atoms with van der Waals surface area (Å²) in [6.07, 6.45) is 0. The van der Waals surface area contributed by atoms with Crippen molar-refractivity contribution in [3.63, 3.8) is 0 Å². The third-order valence-corrected chi connectivity index (χ3v) is 5.53. The number of aliphatic hydroxyl groups is 2. The molecule has 0 bridgehead atoms. The van der Waals surface area contributed by atoms with E-state index in [1.165, 1.54) is 0 Å². The highest BCUT2D eigenvalue weighted by Crippen LogP contribution is 2.33. The lowest BCUT2D eigenvalue weighted by atomic mass is 9.34. The maximum absolute atomic E-state index is 11.0. The zero-order chi connectivity index (χ0) is 21.3. The molecule has 10 heteroatoms. The van der Waals surface area contributed by atoms with E-state index in [0.717, 1.165) is 10.8 Å². The van der Waals surface area contributed by atoms with Gasteiger partial charge in [0.25, 0.3) is 0 Å². The average Bonchev–Trinajstić information content (AvgIpc) is 2.68. The molecule has 1 heterocycles. The molecule has 1 fully saturated rings. The number of hydrogen-bond donors (Lipinski definition) is 2.